The van der Waals surface area contributed by atoms with Gasteiger partial charge in [0.1, 0.15) is 0 Å². The highest BCUT2D eigenvalue weighted by Crippen LogP contribution is 2.36. The SMILES string of the molecule is CCOc1nc2c(c(=O)n(CCCO[Si](C)(C)C(C)(C)C)c(=O)n2C)n1Cc1ccc(Cl)cc1. The molecule has 0 saturated carbocycles. The maximum Gasteiger partial charge on any atom is 0.332 e. The molecule has 0 amide bonds. The Kier molecular flexibility index (Phi) is 7.79. The summed E-state index contributed by atoms with van der Waals surface area (Å²) in [6, 6.07) is 7.68. The monoisotopic (exact) mass is 506 g/mol. The minimum absolute atomic E-state index is 0.0999. The molecular weight excluding hydrogens is 472 g/mol. The van der Waals surface area contributed by atoms with Crippen molar-refractivity contribution in [1.82, 2.24) is 18.7 Å². The third-order valence-corrected chi connectivity index (χ3v) is 11.3. The summed E-state index contributed by atoms with van der Waals surface area (Å²) in [5, 5.41) is 0.733. The van der Waals surface area contributed by atoms with Crippen molar-refractivity contribution in [3.05, 3.63) is 55.7 Å². The molecule has 0 fully saturated rings. The molecule has 2 heterocycles. The van der Waals surface area contributed by atoms with Gasteiger partial charge < -0.3 is 9.16 Å². The second-order valence-electron chi connectivity index (χ2n) is 9.97. The number of hydrogen-bond donors (Lipinski definition) is 0. The molecule has 10 heteroatoms. The van der Waals surface area contributed by atoms with Gasteiger partial charge in [0.2, 0.25) is 0 Å². The Morgan fingerprint density at radius 1 is 1.09 bits per heavy atom. The highest BCUT2D eigenvalue weighted by molar-refractivity contribution is 6.74. The summed E-state index contributed by atoms with van der Waals surface area (Å²) < 4.78 is 16.4. The largest absolute Gasteiger partial charge is 0.465 e. The zero-order valence-corrected chi connectivity index (χ0v) is 22.9. The summed E-state index contributed by atoms with van der Waals surface area (Å²) >= 11 is 6.02. The highest BCUT2D eigenvalue weighted by Gasteiger charge is 2.36. The molecule has 0 radical (unpaired) electrons. The molecule has 0 aliphatic rings. The van der Waals surface area contributed by atoms with Gasteiger partial charge in [0.05, 0.1) is 13.2 Å². The first-order chi connectivity index (χ1) is 15.9. The molecule has 8 nitrogen and oxygen atoms in total. The van der Waals surface area contributed by atoms with Gasteiger partial charge in [0.15, 0.2) is 19.5 Å². The van der Waals surface area contributed by atoms with Gasteiger partial charge in [0, 0.05) is 25.2 Å². The number of hydrogen-bond acceptors (Lipinski definition) is 5. The van der Waals surface area contributed by atoms with E-state index in [2.05, 4.69) is 38.8 Å². The summed E-state index contributed by atoms with van der Waals surface area (Å²) in [5.41, 5.74) is 0.807. The van der Waals surface area contributed by atoms with Crippen molar-refractivity contribution in [2.24, 2.45) is 7.05 Å². The van der Waals surface area contributed by atoms with Gasteiger partial charge in [-0.3, -0.25) is 18.5 Å². The second kappa shape index (κ2) is 10.1. The molecular formula is C24H35ClN4O4Si. The predicted molar refractivity (Wildman–Crippen MR) is 139 cm³/mol. The zero-order valence-electron chi connectivity index (χ0n) is 21.1. The number of ether oxygens (including phenoxy) is 1. The number of fused-ring (bicyclic) bond motifs is 1. The lowest BCUT2D eigenvalue weighted by atomic mass is 10.2. The average Bonchev–Trinajstić information content (AvgIpc) is 3.11. The van der Waals surface area contributed by atoms with Crippen molar-refractivity contribution in [3.63, 3.8) is 0 Å². The van der Waals surface area contributed by atoms with E-state index >= 15 is 0 Å². The van der Waals surface area contributed by atoms with Crippen LogP contribution in [0.2, 0.25) is 23.2 Å². The molecule has 3 rings (SSSR count). The van der Waals surface area contributed by atoms with E-state index in [0.717, 1.165) is 5.56 Å². The third kappa shape index (κ3) is 5.31. The standard InChI is InChI=1S/C24H35ClN4O4Si/c1-8-32-22-26-20-19(29(22)16-17-10-12-18(25)13-11-17)21(30)28(23(31)27(20)5)14-9-15-33-34(6,7)24(2,3)4/h10-13H,8-9,14-16H2,1-7H3. The van der Waals surface area contributed by atoms with Gasteiger partial charge in [-0.2, -0.15) is 4.98 Å². The second-order valence-corrected chi connectivity index (χ2v) is 15.2. The fraction of sp³-hybridized carbons (Fsp3) is 0.542. The van der Waals surface area contributed by atoms with Crippen LogP contribution < -0.4 is 16.0 Å². The quantitative estimate of drug-likeness (QED) is 0.317. The van der Waals surface area contributed by atoms with Crippen LogP contribution in [0.25, 0.3) is 11.2 Å². The Morgan fingerprint density at radius 3 is 2.32 bits per heavy atom. The zero-order chi connectivity index (χ0) is 25.3. The lowest BCUT2D eigenvalue weighted by Crippen LogP contribution is -2.42. The summed E-state index contributed by atoms with van der Waals surface area (Å²) in [6.45, 7) is 14.3. The normalized spacial score (nSPS) is 12.5. The number of rotatable bonds is 9. The van der Waals surface area contributed by atoms with Crippen molar-refractivity contribution >= 4 is 31.1 Å². The first-order valence-corrected chi connectivity index (χ1v) is 14.9. The van der Waals surface area contributed by atoms with Crippen LogP contribution in [-0.4, -0.2) is 40.2 Å². The number of imidazole rings is 1. The van der Waals surface area contributed by atoms with Crippen LogP contribution in [0.4, 0.5) is 0 Å². The number of aromatic nitrogens is 4. The molecule has 0 spiro atoms. The Labute approximate surface area is 206 Å². The van der Waals surface area contributed by atoms with Gasteiger partial charge in [-0.05, 0) is 49.2 Å². The van der Waals surface area contributed by atoms with Crippen LogP contribution in [0.15, 0.2) is 33.9 Å². The molecule has 186 valence electrons. The lowest BCUT2D eigenvalue weighted by Gasteiger charge is -2.36. The molecule has 34 heavy (non-hydrogen) atoms. The number of aryl methyl sites for hydroxylation is 1. The highest BCUT2D eigenvalue weighted by atomic mass is 35.5. The van der Waals surface area contributed by atoms with E-state index in [1.54, 1.807) is 23.7 Å². The Bertz CT molecular complexity index is 1270. The van der Waals surface area contributed by atoms with Gasteiger partial charge in [-0.25, -0.2) is 4.79 Å². The lowest BCUT2D eigenvalue weighted by molar-refractivity contribution is 0.273. The Balaban J connectivity index is 1.98. The predicted octanol–water partition coefficient (Wildman–Crippen LogP) is 4.41. The maximum absolute atomic E-state index is 13.5. The van der Waals surface area contributed by atoms with Gasteiger partial charge >= 0.3 is 5.69 Å². The van der Waals surface area contributed by atoms with Gasteiger partial charge in [0.25, 0.3) is 11.6 Å². The first-order valence-electron chi connectivity index (χ1n) is 11.6. The van der Waals surface area contributed by atoms with Crippen molar-refractivity contribution in [3.8, 4) is 6.01 Å². The van der Waals surface area contributed by atoms with E-state index < -0.39 is 14.0 Å². The minimum Gasteiger partial charge on any atom is -0.465 e. The molecule has 2 aromatic heterocycles. The summed E-state index contributed by atoms with van der Waals surface area (Å²) in [7, 11) is -0.271. The van der Waals surface area contributed by atoms with Crippen molar-refractivity contribution in [2.75, 3.05) is 13.2 Å². The fourth-order valence-electron chi connectivity index (χ4n) is 3.47. The van der Waals surface area contributed by atoms with Crippen molar-refractivity contribution < 1.29 is 9.16 Å². The van der Waals surface area contributed by atoms with Crippen LogP contribution in [0.1, 0.15) is 39.7 Å². The van der Waals surface area contributed by atoms with Crippen LogP contribution in [-0.2, 0) is 24.6 Å². The van der Waals surface area contributed by atoms with Gasteiger partial charge in [-0.1, -0.05) is 44.5 Å². The molecule has 0 aliphatic heterocycles. The van der Waals surface area contributed by atoms with E-state index in [0.29, 0.717) is 48.4 Å². The summed E-state index contributed by atoms with van der Waals surface area (Å²) in [5.74, 6) is 0. The Hall–Kier alpha value is -2.36. The van der Waals surface area contributed by atoms with E-state index in [-0.39, 0.29) is 17.1 Å². The van der Waals surface area contributed by atoms with Gasteiger partial charge in [-0.15, -0.1) is 0 Å². The number of benzene rings is 1. The number of nitrogens with zero attached hydrogens (tertiary/aromatic N) is 4. The topological polar surface area (TPSA) is 80.3 Å². The summed E-state index contributed by atoms with van der Waals surface area (Å²) in [4.78, 5) is 31.0. The molecule has 0 aliphatic carbocycles. The van der Waals surface area contributed by atoms with E-state index in [1.807, 2.05) is 19.1 Å². The smallest absolute Gasteiger partial charge is 0.332 e. The molecule has 0 atom stereocenters. The molecule has 0 bridgehead atoms. The molecule has 3 aromatic rings. The van der Waals surface area contributed by atoms with Crippen LogP contribution >= 0.6 is 11.6 Å². The minimum atomic E-state index is -1.90. The average molecular weight is 507 g/mol. The van der Waals surface area contributed by atoms with Crippen LogP contribution in [0, 0.1) is 0 Å². The van der Waals surface area contributed by atoms with Crippen LogP contribution in [0.3, 0.4) is 0 Å². The maximum atomic E-state index is 13.5. The van der Waals surface area contributed by atoms with Crippen molar-refractivity contribution in [1.29, 1.82) is 0 Å². The molecule has 0 saturated heterocycles. The molecule has 0 unspecified atom stereocenters. The third-order valence-electron chi connectivity index (χ3n) is 6.52. The van der Waals surface area contributed by atoms with E-state index in [4.69, 9.17) is 20.8 Å². The van der Waals surface area contributed by atoms with Crippen LogP contribution in [0.5, 0.6) is 6.01 Å². The first kappa shape index (κ1) is 26.2. The summed E-state index contributed by atoms with van der Waals surface area (Å²) in [6.07, 6.45) is 0.566. The van der Waals surface area contributed by atoms with E-state index in [9.17, 15) is 9.59 Å². The Morgan fingerprint density at radius 2 is 1.74 bits per heavy atom. The fourth-order valence-corrected chi connectivity index (χ4v) is 4.69. The number of halogens is 1. The molecule has 1 aromatic carbocycles. The van der Waals surface area contributed by atoms with E-state index in [1.165, 1.54) is 9.13 Å². The molecule has 0 N–H and O–H groups in total. The van der Waals surface area contributed by atoms with Crippen molar-refractivity contribution in [2.45, 2.75) is 65.3 Å².